The molecule has 0 saturated carbocycles. The van der Waals surface area contributed by atoms with E-state index in [0.29, 0.717) is 0 Å². The van der Waals surface area contributed by atoms with Crippen molar-refractivity contribution in [2.24, 2.45) is 0 Å². The number of rotatable bonds is 0. The van der Waals surface area contributed by atoms with Crippen molar-refractivity contribution in [2.45, 2.75) is 0 Å². The smallest absolute Gasteiger partial charge is 0.231 e. The van der Waals surface area contributed by atoms with Gasteiger partial charge in [0.2, 0.25) is 19.7 Å². The van der Waals surface area contributed by atoms with Crippen molar-refractivity contribution in [1.82, 2.24) is 9.30 Å². The van der Waals surface area contributed by atoms with Crippen LogP contribution in [0.1, 0.15) is 0 Å². The maximum absolute atomic E-state index is 3.06. The quantitative estimate of drug-likeness (QED) is 0.342. The first-order valence-corrected chi connectivity index (χ1v) is 3.00. The molecule has 1 saturated heterocycles. The van der Waals surface area contributed by atoms with Crippen molar-refractivity contribution in [3.8, 4) is 0 Å². The second-order valence-corrected chi connectivity index (χ2v) is 3.00. The zero-order chi connectivity index (χ0) is 2.83. The minimum atomic E-state index is 0.833. The molecule has 4 heavy (non-hydrogen) atoms. The molecule has 2 nitrogen and oxygen atoms in total. The van der Waals surface area contributed by atoms with E-state index >= 15 is 0 Å². The SMILES string of the molecule is N1[Si]N[Si]1. The summed E-state index contributed by atoms with van der Waals surface area (Å²) in [6.07, 6.45) is 0. The third-order valence-corrected chi connectivity index (χ3v) is 2.25. The first-order valence-electron chi connectivity index (χ1n) is 1.00. The maximum atomic E-state index is 3.06. The fourth-order valence-electron chi connectivity index (χ4n) is 0.0625. The van der Waals surface area contributed by atoms with E-state index in [1.54, 1.807) is 0 Å². The van der Waals surface area contributed by atoms with Gasteiger partial charge in [0.25, 0.3) is 0 Å². The Labute approximate surface area is 29.9 Å². The number of hydrogen-bond donors (Lipinski definition) is 2. The zero-order valence-corrected chi connectivity index (χ0v) is 4.00. The molecule has 0 aromatic rings. The van der Waals surface area contributed by atoms with Crippen molar-refractivity contribution in [3.63, 3.8) is 0 Å². The van der Waals surface area contributed by atoms with E-state index in [-0.39, 0.29) is 0 Å². The first-order chi connectivity index (χ1) is 2.00. The van der Waals surface area contributed by atoms with Gasteiger partial charge in [-0.1, -0.05) is 0 Å². The topological polar surface area (TPSA) is 24.1 Å². The summed E-state index contributed by atoms with van der Waals surface area (Å²) in [6, 6.07) is 0. The van der Waals surface area contributed by atoms with Gasteiger partial charge in [-0.15, -0.1) is 0 Å². The molecule has 0 unspecified atom stereocenters. The minimum absolute atomic E-state index is 0.833. The lowest BCUT2D eigenvalue weighted by Gasteiger charge is -2.07. The van der Waals surface area contributed by atoms with Gasteiger partial charge in [0.1, 0.15) is 0 Å². The fraction of sp³-hybridized carbons (Fsp3) is 0. The van der Waals surface area contributed by atoms with Gasteiger partial charge < -0.3 is 9.30 Å². The van der Waals surface area contributed by atoms with Crippen molar-refractivity contribution in [3.05, 3.63) is 0 Å². The molecule has 0 aromatic heterocycles. The maximum Gasteiger partial charge on any atom is 0.231 e. The van der Waals surface area contributed by atoms with Crippen LogP contribution in [-0.4, -0.2) is 19.7 Å². The van der Waals surface area contributed by atoms with Crippen molar-refractivity contribution in [2.75, 3.05) is 0 Å². The Morgan fingerprint density at radius 3 is 1.25 bits per heavy atom. The summed E-state index contributed by atoms with van der Waals surface area (Å²) in [5, 5.41) is 0. The molecule has 0 aromatic carbocycles. The minimum Gasteiger partial charge on any atom is -0.337 e. The molecule has 0 amide bonds. The third-order valence-electron chi connectivity index (χ3n) is 0.250. The molecule has 4 radical (unpaired) electrons. The fourth-order valence-corrected chi connectivity index (χ4v) is 0.562. The van der Waals surface area contributed by atoms with Gasteiger partial charge in [-0.3, -0.25) is 0 Å². The van der Waals surface area contributed by atoms with E-state index in [4.69, 9.17) is 0 Å². The van der Waals surface area contributed by atoms with Gasteiger partial charge >= 0.3 is 0 Å². The Hall–Kier alpha value is 0.354. The van der Waals surface area contributed by atoms with Crippen molar-refractivity contribution >= 4 is 19.7 Å². The molecule has 1 aliphatic heterocycles. The summed E-state index contributed by atoms with van der Waals surface area (Å²) in [5.41, 5.74) is 0. The van der Waals surface area contributed by atoms with E-state index in [9.17, 15) is 0 Å². The predicted octanol–water partition coefficient (Wildman–Crippen LogP) is -1.75. The Kier molecular flexibility index (Phi) is 0.633. The van der Waals surface area contributed by atoms with Crippen molar-refractivity contribution < 1.29 is 0 Å². The molecular weight excluding hydrogens is 84.2 g/mol. The molecule has 2 N–H and O–H groups in total. The van der Waals surface area contributed by atoms with Gasteiger partial charge in [0.05, 0.1) is 0 Å². The van der Waals surface area contributed by atoms with Gasteiger partial charge in [-0.25, -0.2) is 0 Å². The second-order valence-electron chi connectivity index (χ2n) is 0.500. The monoisotopic (exact) mass is 86.0 g/mol. The van der Waals surface area contributed by atoms with Crippen LogP contribution in [-0.2, 0) is 0 Å². The average Bonchev–Trinajstić information content (AvgIpc) is 0.722. The summed E-state index contributed by atoms with van der Waals surface area (Å²) in [6.45, 7) is 0. The Morgan fingerprint density at radius 2 is 1.25 bits per heavy atom. The van der Waals surface area contributed by atoms with Gasteiger partial charge in [0.15, 0.2) is 0 Å². The van der Waals surface area contributed by atoms with Crippen LogP contribution >= 0.6 is 0 Å². The lowest BCUT2D eigenvalue weighted by atomic mass is 13.7. The van der Waals surface area contributed by atoms with E-state index in [1.807, 2.05) is 0 Å². The summed E-state index contributed by atoms with van der Waals surface area (Å²) >= 11 is 0. The Morgan fingerprint density at radius 1 is 1.00 bits per heavy atom. The second kappa shape index (κ2) is 0.980. The molecule has 0 aliphatic carbocycles. The molecular formula is H2N2Si2. The average molecular weight is 86.2 g/mol. The molecule has 0 atom stereocenters. The van der Waals surface area contributed by atoms with E-state index in [1.165, 1.54) is 0 Å². The molecule has 4 heteroatoms. The van der Waals surface area contributed by atoms with Crippen molar-refractivity contribution in [1.29, 1.82) is 0 Å². The van der Waals surface area contributed by atoms with E-state index < -0.39 is 0 Å². The molecule has 1 heterocycles. The zero-order valence-electron chi connectivity index (χ0n) is 2.00. The van der Waals surface area contributed by atoms with Crippen LogP contribution in [0.15, 0.2) is 0 Å². The summed E-state index contributed by atoms with van der Waals surface area (Å²) in [4.78, 5) is 0. The lowest BCUT2D eigenvalue weighted by molar-refractivity contribution is 1.28. The number of hydrogen-bond acceptors (Lipinski definition) is 2. The highest BCUT2D eigenvalue weighted by molar-refractivity contribution is 6.65. The largest absolute Gasteiger partial charge is 0.337 e. The lowest BCUT2D eigenvalue weighted by Crippen LogP contribution is -2.55. The molecule has 20 valence electrons. The van der Waals surface area contributed by atoms with Gasteiger partial charge in [-0.05, 0) is 0 Å². The summed E-state index contributed by atoms with van der Waals surface area (Å²) in [5.74, 6) is 0. The van der Waals surface area contributed by atoms with Gasteiger partial charge in [-0.2, -0.15) is 0 Å². The Balaban J connectivity index is 2.00. The molecule has 0 spiro atoms. The Bertz CT molecular complexity index is 12.0. The summed E-state index contributed by atoms with van der Waals surface area (Å²) in [7, 11) is 1.67. The normalized spacial score (nSPS) is 24.0. The van der Waals surface area contributed by atoms with Crippen LogP contribution in [0, 0.1) is 0 Å². The molecule has 0 bridgehead atoms. The molecule has 1 aliphatic rings. The summed E-state index contributed by atoms with van der Waals surface area (Å²) < 4.78 is 6.11. The van der Waals surface area contributed by atoms with Gasteiger partial charge in [0, 0.05) is 0 Å². The van der Waals surface area contributed by atoms with E-state index in [0.717, 1.165) is 19.7 Å². The first kappa shape index (κ1) is 2.58. The standard InChI is InChI=1S/H2N2Si2/c1-3-2-4-1/h1-2H. The van der Waals surface area contributed by atoms with Crippen LogP contribution in [0.3, 0.4) is 0 Å². The molecule has 1 fully saturated rings. The number of nitrogens with one attached hydrogen (secondary N) is 2. The highest BCUT2D eigenvalue weighted by Crippen LogP contribution is 1.46. The van der Waals surface area contributed by atoms with Crippen LogP contribution in [0.5, 0.6) is 0 Å². The van der Waals surface area contributed by atoms with Crippen LogP contribution in [0.25, 0.3) is 0 Å². The van der Waals surface area contributed by atoms with Crippen LogP contribution in [0.2, 0.25) is 0 Å². The predicted molar refractivity (Wildman–Crippen MR) is 17.8 cm³/mol. The highest BCUT2D eigenvalue weighted by Gasteiger charge is 1.97. The van der Waals surface area contributed by atoms with Crippen LogP contribution in [0.4, 0.5) is 0 Å². The van der Waals surface area contributed by atoms with Crippen LogP contribution < -0.4 is 9.30 Å². The van der Waals surface area contributed by atoms with E-state index in [2.05, 4.69) is 9.30 Å². The third kappa shape index (κ3) is 0.228. The molecule has 1 rings (SSSR count). The highest BCUT2D eigenvalue weighted by atomic mass is 28.4.